The van der Waals surface area contributed by atoms with Crippen LogP contribution in [-0.2, 0) is 22.3 Å². The number of ether oxygens (including phenoxy) is 2. The fraction of sp³-hybridized carbons (Fsp3) is 0.250. The largest absolute Gasteiger partial charge is 0.434 e. The number of furan rings is 1. The number of carbonyl (C=O) groups excluding carboxylic acids is 2. The molecule has 2 amide bonds. The molecule has 0 saturated carbocycles. The predicted molar refractivity (Wildman–Crippen MR) is 119 cm³/mol. The molecule has 0 unspecified atom stereocenters. The quantitative estimate of drug-likeness (QED) is 0.448. The number of amides is 2. The molecule has 1 fully saturated rings. The molecule has 1 saturated heterocycles. The molecule has 0 spiro atoms. The first-order valence-electron chi connectivity index (χ1n) is 10.7. The van der Waals surface area contributed by atoms with E-state index < -0.39 is 29.3 Å². The molecule has 35 heavy (non-hydrogen) atoms. The first-order chi connectivity index (χ1) is 16.7. The molecule has 3 aromatic rings. The summed E-state index contributed by atoms with van der Waals surface area (Å²) in [6, 6.07) is 14.8. The maximum absolute atomic E-state index is 13.2. The van der Waals surface area contributed by atoms with Gasteiger partial charge in [0.05, 0.1) is 24.1 Å². The SMILES string of the molecule is O=C(N[C@@]1(C(=O)NCc2ccc(Nc3ccccc3C(F)(F)F)cc2)CCOC1)Oc1ccco1. The van der Waals surface area contributed by atoms with Gasteiger partial charge >= 0.3 is 12.3 Å². The van der Waals surface area contributed by atoms with Crippen LogP contribution >= 0.6 is 0 Å². The fourth-order valence-corrected chi connectivity index (χ4v) is 3.59. The van der Waals surface area contributed by atoms with Gasteiger partial charge in [-0.15, -0.1) is 0 Å². The van der Waals surface area contributed by atoms with Crippen LogP contribution < -0.4 is 20.7 Å². The van der Waals surface area contributed by atoms with E-state index in [-0.39, 0.29) is 37.8 Å². The van der Waals surface area contributed by atoms with Crippen LogP contribution in [0.15, 0.2) is 71.3 Å². The van der Waals surface area contributed by atoms with Crippen molar-refractivity contribution < 1.29 is 36.7 Å². The molecule has 0 bridgehead atoms. The minimum Gasteiger partial charge on any atom is -0.434 e. The summed E-state index contributed by atoms with van der Waals surface area (Å²) in [5.41, 5.74) is -0.956. The van der Waals surface area contributed by atoms with Crippen molar-refractivity contribution in [2.45, 2.75) is 24.7 Å². The molecule has 0 aliphatic carbocycles. The Morgan fingerprint density at radius 2 is 1.80 bits per heavy atom. The summed E-state index contributed by atoms with van der Waals surface area (Å²) in [5.74, 6) is -0.462. The Kier molecular flexibility index (Phi) is 6.97. The Balaban J connectivity index is 1.36. The molecule has 184 valence electrons. The number of halogens is 3. The van der Waals surface area contributed by atoms with Gasteiger partial charge in [0.2, 0.25) is 5.91 Å². The highest BCUT2D eigenvalue weighted by molar-refractivity contribution is 5.90. The lowest BCUT2D eigenvalue weighted by Gasteiger charge is -2.26. The molecular formula is C24H22F3N3O5. The van der Waals surface area contributed by atoms with Gasteiger partial charge in [-0.05, 0) is 35.9 Å². The molecule has 0 radical (unpaired) electrons. The lowest BCUT2D eigenvalue weighted by molar-refractivity contribution is -0.137. The van der Waals surface area contributed by atoms with Crippen LogP contribution in [-0.4, -0.2) is 30.8 Å². The highest BCUT2D eigenvalue weighted by Crippen LogP contribution is 2.35. The molecule has 11 heteroatoms. The number of para-hydroxylation sites is 1. The van der Waals surface area contributed by atoms with Crippen LogP contribution in [0.25, 0.3) is 0 Å². The van der Waals surface area contributed by atoms with Crippen molar-refractivity contribution in [2.24, 2.45) is 0 Å². The van der Waals surface area contributed by atoms with Crippen LogP contribution in [0.1, 0.15) is 17.5 Å². The Labute approximate surface area is 198 Å². The first-order valence-corrected chi connectivity index (χ1v) is 10.7. The van der Waals surface area contributed by atoms with Crippen molar-refractivity contribution >= 4 is 23.4 Å². The summed E-state index contributed by atoms with van der Waals surface area (Å²) in [7, 11) is 0. The summed E-state index contributed by atoms with van der Waals surface area (Å²) in [6.45, 7) is 0.399. The van der Waals surface area contributed by atoms with Gasteiger partial charge in [0, 0.05) is 31.3 Å². The van der Waals surface area contributed by atoms with E-state index in [1.165, 1.54) is 30.5 Å². The lowest BCUT2D eigenvalue weighted by atomic mass is 9.97. The number of hydrogen-bond acceptors (Lipinski definition) is 6. The van der Waals surface area contributed by atoms with Crippen molar-refractivity contribution in [1.82, 2.24) is 10.6 Å². The van der Waals surface area contributed by atoms with Crippen molar-refractivity contribution in [3.8, 4) is 5.95 Å². The zero-order valence-corrected chi connectivity index (χ0v) is 18.4. The smallest absolute Gasteiger partial charge is 0.418 e. The van der Waals surface area contributed by atoms with Gasteiger partial charge in [0.25, 0.3) is 5.95 Å². The van der Waals surface area contributed by atoms with Crippen molar-refractivity contribution in [1.29, 1.82) is 0 Å². The molecule has 1 aliphatic heterocycles. The normalized spacial score (nSPS) is 17.6. The monoisotopic (exact) mass is 489 g/mol. The summed E-state index contributed by atoms with van der Waals surface area (Å²) in [4.78, 5) is 25.1. The van der Waals surface area contributed by atoms with E-state index in [4.69, 9.17) is 13.9 Å². The van der Waals surface area contributed by atoms with E-state index >= 15 is 0 Å². The molecular weight excluding hydrogens is 467 g/mol. The Morgan fingerprint density at radius 1 is 1.03 bits per heavy atom. The lowest BCUT2D eigenvalue weighted by Crippen LogP contribution is -2.59. The van der Waals surface area contributed by atoms with Gasteiger partial charge in [-0.1, -0.05) is 24.3 Å². The zero-order chi connectivity index (χ0) is 24.9. The molecule has 2 aromatic carbocycles. The summed E-state index contributed by atoms with van der Waals surface area (Å²) >= 11 is 0. The standard InChI is InChI=1S/C24H22F3N3O5/c25-24(26,27)18-4-1-2-5-19(18)29-17-9-7-16(8-10-17)14-28-21(31)23(11-13-33-15-23)30-22(32)35-20-6-3-12-34-20/h1-10,12,29H,11,13-15H2,(H,28,31)(H,30,32)/t23-/m0/s1. The molecule has 1 atom stereocenters. The topological polar surface area (TPSA) is 102 Å². The van der Waals surface area contributed by atoms with Crippen LogP contribution in [0.4, 0.5) is 29.3 Å². The molecule has 8 nitrogen and oxygen atoms in total. The molecule has 4 rings (SSSR count). The third-order valence-corrected chi connectivity index (χ3v) is 5.40. The second kappa shape index (κ2) is 10.1. The van der Waals surface area contributed by atoms with Crippen LogP contribution in [0.2, 0.25) is 0 Å². The van der Waals surface area contributed by atoms with E-state index in [0.717, 1.165) is 6.07 Å². The van der Waals surface area contributed by atoms with Gasteiger partial charge < -0.3 is 29.8 Å². The van der Waals surface area contributed by atoms with Crippen LogP contribution in [0.5, 0.6) is 5.95 Å². The number of carbonyl (C=O) groups is 2. The minimum absolute atomic E-state index is 0.0106. The molecule has 1 aromatic heterocycles. The Morgan fingerprint density at radius 3 is 2.46 bits per heavy atom. The molecule has 1 aliphatic rings. The van der Waals surface area contributed by atoms with E-state index in [2.05, 4.69) is 16.0 Å². The maximum atomic E-state index is 13.2. The van der Waals surface area contributed by atoms with E-state index in [0.29, 0.717) is 11.3 Å². The number of benzene rings is 2. The number of anilines is 2. The number of alkyl halides is 3. The second-order valence-corrected chi connectivity index (χ2v) is 7.88. The van der Waals surface area contributed by atoms with Gasteiger partial charge in [-0.25, -0.2) is 4.79 Å². The van der Waals surface area contributed by atoms with Crippen molar-refractivity contribution in [3.05, 3.63) is 78.1 Å². The van der Waals surface area contributed by atoms with E-state index in [1.54, 1.807) is 30.3 Å². The third-order valence-electron chi connectivity index (χ3n) is 5.40. The highest BCUT2D eigenvalue weighted by atomic mass is 19.4. The Hall–Kier alpha value is -3.99. The minimum atomic E-state index is -4.48. The fourth-order valence-electron chi connectivity index (χ4n) is 3.59. The summed E-state index contributed by atoms with van der Waals surface area (Å²) < 4.78 is 54.9. The number of nitrogens with one attached hydrogen (secondary N) is 3. The van der Waals surface area contributed by atoms with E-state index in [1.807, 2.05) is 0 Å². The average molecular weight is 489 g/mol. The van der Waals surface area contributed by atoms with Gasteiger partial charge in [0.15, 0.2) is 0 Å². The molecule has 2 heterocycles. The second-order valence-electron chi connectivity index (χ2n) is 7.88. The van der Waals surface area contributed by atoms with Crippen molar-refractivity contribution in [3.63, 3.8) is 0 Å². The predicted octanol–water partition coefficient (Wildman–Crippen LogP) is 4.61. The van der Waals surface area contributed by atoms with E-state index in [9.17, 15) is 22.8 Å². The number of rotatable bonds is 7. The van der Waals surface area contributed by atoms with Gasteiger partial charge in [-0.3, -0.25) is 4.79 Å². The first kappa shape index (κ1) is 24.1. The van der Waals surface area contributed by atoms with Crippen LogP contribution in [0, 0.1) is 0 Å². The van der Waals surface area contributed by atoms with Gasteiger partial charge in [-0.2, -0.15) is 13.2 Å². The van der Waals surface area contributed by atoms with Gasteiger partial charge in [0.1, 0.15) is 5.54 Å². The maximum Gasteiger partial charge on any atom is 0.418 e. The highest BCUT2D eigenvalue weighted by Gasteiger charge is 2.44. The number of hydrogen-bond donors (Lipinski definition) is 3. The summed E-state index contributed by atoms with van der Waals surface area (Å²) in [6.07, 6.45) is -3.73. The molecule has 3 N–H and O–H groups in total. The van der Waals surface area contributed by atoms with Crippen molar-refractivity contribution in [2.75, 3.05) is 18.5 Å². The Bertz CT molecular complexity index is 1160. The summed E-state index contributed by atoms with van der Waals surface area (Å²) in [5, 5.41) is 8.09. The zero-order valence-electron chi connectivity index (χ0n) is 18.4. The average Bonchev–Trinajstić information content (AvgIpc) is 3.51. The van der Waals surface area contributed by atoms with Crippen LogP contribution in [0.3, 0.4) is 0 Å². The third kappa shape index (κ3) is 5.93.